The van der Waals surface area contributed by atoms with Crippen LogP contribution in [0.4, 0.5) is 0 Å². The van der Waals surface area contributed by atoms with Crippen LogP contribution in [0.3, 0.4) is 0 Å². The predicted octanol–water partition coefficient (Wildman–Crippen LogP) is 0.601. The molecule has 1 fully saturated rings. The highest BCUT2D eigenvalue weighted by Gasteiger charge is 2.19. The molecule has 13 heavy (non-hydrogen) atoms. The number of carbonyl (C=O) groups excluding carboxylic acids is 1. The van der Waals surface area contributed by atoms with Gasteiger partial charge in [0.15, 0.2) is 0 Å². The summed E-state index contributed by atoms with van der Waals surface area (Å²) < 4.78 is 0. The number of hydrogen-bond donors (Lipinski definition) is 0. The summed E-state index contributed by atoms with van der Waals surface area (Å²) >= 11 is 0. The Balaban J connectivity index is 2.25. The summed E-state index contributed by atoms with van der Waals surface area (Å²) in [6.07, 6.45) is 2.21. The molecule has 76 valence electrons. The number of rotatable bonds is 4. The van der Waals surface area contributed by atoms with E-state index in [2.05, 4.69) is 23.6 Å². The minimum Gasteiger partial charge on any atom is -0.302 e. The molecule has 0 bridgehead atoms. The minimum atomic E-state index is 0.606. The Morgan fingerprint density at radius 2 is 1.92 bits per heavy atom. The number of piperazine rings is 1. The zero-order valence-electron chi connectivity index (χ0n) is 8.70. The van der Waals surface area contributed by atoms with Gasteiger partial charge in [-0.1, -0.05) is 6.92 Å². The maximum atomic E-state index is 10.3. The standard InChI is InChI=1S/C10H20N2O/c1-3-10(2)12-6-4-11(5-7-12)8-9-13/h9-10H,3-8H2,1-2H3. The van der Waals surface area contributed by atoms with Crippen LogP contribution in [0.2, 0.25) is 0 Å². The van der Waals surface area contributed by atoms with Gasteiger partial charge >= 0.3 is 0 Å². The van der Waals surface area contributed by atoms with Gasteiger partial charge in [-0.15, -0.1) is 0 Å². The normalized spacial score (nSPS) is 22.9. The molecule has 1 unspecified atom stereocenters. The molecule has 0 N–H and O–H groups in total. The molecule has 1 saturated heterocycles. The highest BCUT2D eigenvalue weighted by atomic mass is 16.1. The summed E-state index contributed by atoms with van der Waals surface area (Å²) in [5, 5.41) is 0. The lowest BCUT2D eigenvalue weighted by molar-refractivity contribution is -0.109. The SMILES string of the molecule is CCC(C)N1CCN(CC=O)CC1. The summed E-state index contributed by atoms with van der Waals surface area (Å²) in [6, 6.07) is 0.693. The second-order valence-corrected chi connectivity index (χ2v) is 3.76. The van der Waals surface area contributed by atoms with Crippen molar-refractivity contribution in [2.45, 2.75) is 26.3 Å². The molecule has 0 saturated carbocycles. The van der Waals surface area contributed by atoms with E-state index < -0.39 is 0 Å². The van der Waals surface area contributed by atoms with E-state index >= 15 is 0 Å². The summed E-state index contributed by atoms with van der Waals surface area (Å²) in [4.78, 5) is 15.0. The molecule has 1 rings (SSSR count). The Bertz CT molecular complexity index is 153. The van der Waals surface area contributed by atoms with E-state index in [0.29, 0.717) is 12.6 Å². The molecular formula is C10H20N2O. The molecule has 1 atom stereocenters. The maximum Gasteiger partial charge on any atom is 0.133 e. The first kappa shape index (κ1) is 10.7. The average molecular weight is 184 g/mol. The molecule has 3 heteroatoms. The minimum absolute atomic E-state index is 0.606. The molecule has 0 spiro atoms. The van der Waals surface area contributed by atoms with E-state index in [-0.39, 0.29) is 0 Å². The largest absolute Gasteiger partial charge is 0.302 e. The van der Waals surface area contributed by atoms with E-state index in [9.17, 15) is 4.79 Å². The number of aldehydes is 1. The molecule has 0 radical (unpaired) electrons. The fourth-order valence-electron chi connectivity index (χ4n) is 1.75. The molecular weight excluding hydrogens is 164 g/mol. The molecule has 1 heterocycles. The van der Waals surface area contributed by atoms with Crippen molar-refractivity contribution in [3.8, 4) is 0 Å². The van der Waals surface area contributed by atoms with E-state index in [1.165, 1.54) is 6.42 Å². The van der Waals surface area contributed by atoms with Gasteiger partial charge in [-0.3, -0.25) is 9.80 Å². The zero-order chi connectivity index (χ0) is 9.68. The Kier molecular flexibility index (Phi) is 4.39. The lowest BCUT2D eigenvalue weighted by atomic mass is 10.2. The third-order valence-electron chi connectivity index (χ3n) is 2.95. The zero-order valence-corrected chi connectivity index (χ0v) is 8.70. The topological polar surface area (TPSA) is 23.6 Å². The lowest BCUT2D eigenvalue weighted by Gasteiger charge is -2.37. The number of carbonyl (C=O) groups is 1. The first-order chi connectivity index (χ1) is 6.27. The Morgan fingerprint density at radius 3 is 2.38 bits per heavy atom. The van der Waals surface area contributed by atoms with Gasteiger partial charge in [0.25, 0.3) is 0 Å². The van der Waals surface area contributed by atoms with Crippen molar-refractivity contribution in [1.82, 2.24) is 9.80 Å². The predicted molar refractivity (Wildman–Crippen MR) is 53.8 cm³/mol. The number of nitrogens with zero attached hydrogens (tertiary/aromatic N) is 2. The third kappa shape index (κ3) is 3.08. The van der Waals surface area contributed by atoms with Crippen LogP contribution in [0.25, 0.3) is 0 Å². The molecule has 0 aromatic heterocycles. The van der Waals surface area contributed by atoms with Crippen LogP contribution >= 0.6 is 0 Å². The van der Waals surface area contributed by atoms with Crippen LogP contribution in [0.5, 0.6) is 0 Å². The first-order valence-corrected chi connectivity index (χ1v) is 5.18. The summed E-state index contributed by atoms with van der Waals surface area (Å²) in [5.74, 6) is 0. The maximum absolute atomic E-state index is 10.3. The van der Waals surface area contributed by atoms with E-state index in [4.69, 9.17) is 0 Å². The smallest absolute Gasteiger partial charge is 0.133 e. The van der Waals surface area contributed by atoms with Crippen molar-refractivity contribution in [2.24, 2.45) is 0 Å². The van der Waals surface area contributed by atoms with Gasteiger partial charge in [-0.25, -0.2) is 0 Å². The fourth-order valence-corrected chi connectivity index (χ4v) is 1.75. The molecule has 3 nitrogen and oxygen atoms in total. The van der Waals surface area contributed by atoms with Gasteiger partial charge in [0.1, 0.15) is 6.29 Å². The molecule has 0 amide bonds. The van der Waals surface area contributed by atoms with Crippen molar-refractivity contribution < 1.29 is 4.79 Å². The van der Waals surface area contributed by atoms with E-state index in [1.807, 2.05) is 0 Å². The fraction of sp³-hybridized carbons (Fsp3) is 0.900. The monoisotopic (exact) mass is 184 g/mol. The molecule has 0 aliphatic carbocycles. The lowest BCUT2D eigenvalue weighted by Crippen LogP contribution is -2.49. The van der Waals surface area contributed by atoms with Gasteiger partial charge in [0.2, 0.25) is 0 Å². The molecule has 0 aromatic rings. The van der Waals surface area contributed by atoms with Crippen LogP contribution in [-0.4, -0.2) is 54.9 Å². The quantitative estimate of drug-likeness (QED) is 0.598. The second kappa shape index (κ2) is 5.35. The van der Waals surface area contributed by atoms with Crippen LogP contribution in [0, 0.1) is 0 Å². The van der Waals surface area contributed by atoms with Crippen molar-refractivity contribution >= 4 is 6.29 Å². The Hall–Kier alpha value is -0.410. The summed E-state index contributed by atoms with van der Waals surface area (Å²) in [5.41, 5.74) is 0. The Morgan fingerprint density at radius 1 is 1.31 bits per heavy atom. The summed E-state index contributed by atoms with van der Waals surface area (Å²) in [6.45, 7) is 9.42. The third-order valence-corrected chi connectivity index (χ3v) is 2.95. The van der Waals surface area contributed by atoms with E-state index in [0.717, 1.165) is 32.5 Å². The average Bonchev–Trinajstić information content (AvgIpc) is 2.18. The highest BCUT2D eigenvalue weighted by molar-refractivity contribution is 5.51. The van der Waals surface area contributed by atoms with Crippen molar-refractivity contribution in [1.29, 1.82) is 0 Å². The van der Waals surface area contributed by atoms with Gasteiger partial charge < -0.3 is 4.79 Å². The summed E-state index contributed by atoms with van der Waals surface area (Å²) in [7, 11) is 0. The van der Waals surface area contributed by atoms with Gasteiger partial charge in [0.05, 0.1) is 6.54 Å². The van der Waals surface area contributed by atoms with E-state index in [1.54, 1.807) is 0 Å². The van der Waals surface area contributed by atoms with Crippen LogP contribution in [0.1, 0.15) is 20.3 Å². The van der Waals surface area contributed by atoms with Crippen molar-refractivity contribution in [3.05, 3.63) is 0 Å². The van der Waals surface area contributed by atoms with Crippen LogP contribution in [-0.2, 0) is 4.79 Å². The molecule has 1 aliphatic rings. The highest BCUT2D eigenvalue weighted by Crippen LogP contribution is 2.07. The van der Waals surface area contributed by atoms with Gasteiger partial charge in [-0.2, -0.15) is 0 Å². The van der Waals surface area contributed by atoms with Gasteiger partial charge in [-0.05, 0) is 13.3 Å². The first-order valence-electron chi connectivity index (χ1n) is 5.18. The van der Waals surface area contributed by atoms with Crippen LogP contribution in [0.15, 0.2) is 0 Å². The van der Waals surface area contributed by atoms with Crippen LogP contribution < -0.4 is 0 Å². The second-order valence-electron chi connectivity index (χ2n) is 3.76. The van der Waals surface area contributed by atoms with Crippen molar-refractivity contribution in [2.75, 3.05) is 32.7 Å². The van der Waals surface area contributed by atoms with Gasteiger partial charge in [0, 0.05) is 32.2 Å². The number of hydrogen-bond acceptors (Lipinski definition) is 3. The molecule has 0 aromatic carbocycles. The molecule has 1 aliphatic heterocycles. The Labute approximate surface area is 80.7 Å². The van der Waals surface area contributed by atoms with Crippen molar-refractivity contribution in [3.63, 3.8) is 0 Å².